The van der Waals surface area contributed by atoms with Gasteiger partial charge in [0.15, 0.2) is 0 Å². The van der Waals surface area contributed by atoms with Crippen LogP contribution in [0.2, 0.25) is 0 Å². The van der Waals surface area contributed by atoms with Crippen LogP contribution in [-0.2, 0) is 10.1 Å². The van der Waals surface area contributed by atoms with Crippen molar-refractivity contribution in [2.24, 2.45) is 0 Å². The van der Waals surface area contributed by atoms with E-state index in [0.29, 0.717) is 0 Å². The first-order valence-corrected chi connectivity index (χ1v) is 5.98. The molecule has 13 heavy (non-hydrogen) atoms. The first kappa shape index (κ1) is 10.9. The Hall–Kier alpha value is -0.150. The third-order valence-corrected chi connectivity index (χ3v) is 3.60. The first-order chi connectivity index (χ1) is 6.15. The minimum atomic E-state index is -0.170. The molecule has 1 aromatic rings. The number of carbonyl (C=O) groups is 1. The topological polar surface area (TPSA) is 17.1 Å². The zero-order valence-corrected chi connectivity index (χ0v) is 10.4. The van der Waals surface area contributed by atoms with Crippen LogP contribution in [0.3, 0.4) is 0 Å². The van der Waals surface area contributed by atoms with Crippen LogP contribution in [0.15, 0.2) is 24.3 Å². The number of halogens is 2. The number of ketones is 1. The smallest absolute Gasteiger partial charge is 0.147 e. The van der Waals surface area contributed by atoms with Crippen LogP contribution >= 0.6 is 31.9 Å². The molecular weight excluding hydrogens is 296 g/mol. The molecule has 1 unspecified atom stereocenters. The highest BCUT2D eigenvalue weighted by Gasteiger charge is 2.11. The third-order valence-electron chi connectivity index (χ3n) is 1.78. The van der Waals surface area contributed by atoms with Gasteiger partial charge >= 0.3 is 0 Å². The molecule has 70 valence electrons. The predicted molar refractivity (Wildman–Crippen MR) is 61.4 cm³/mol. The Morgan fingerprint density at radius 1 is 1.38 bits per heavy atom. The predicted octanol–water partition coefficient (Wildman–Crippen LogP) is 3.61. The highest BCUT2D eigenvalue weighted by atomic mass is 79.9. The molecule has 0 bridgehead atoms. The number of alkyl halides is 2. The molecule has 0 spiro atoms. The number of rotatable bonds is 3. The van der Waals surface area contributed by atoms with Gasteiger partial charge in [-0.2, -0.15) is 0 Å². The van der Waals surface area contributed by atoms with Crippen LogP contribution in [-0.4, -0.2) is 5.78 Å². The molecule has 0 heterocycles. The highest BCUT2D eigenvalue weighted by molar-refractivity contribution is 9.09. The largest absolute Gasteiger partial charge is 0.298 e. The van der Waals surface area contributed by atoms with E-state index in [1.165, 1.54) is 5.56 Å². The highest BCUT2D eigenvalue weighted by Crippen LogP contribution is 2.23. The molecule has 1 atom stereocenters. The molecule has 0 aliphatic heterocycles. The Kier molecular flexibility index (Phi) is 4.13. The Balaban J connectivity index is 2.85. The number of carbonyl (C=O) groups excluding carboxylic acids is 1. The lowest BCUT2D eigenvalue weighted by molar-refractivity contribution is -0.116. The van der Waals surface area contributed by atoms with Gasteiger partial charge in [0, 0.05) is 5.33 Å². The van der Waals surface area contributed by atoms with Crippen molar-refractivity contribution in [1.82, 2.24) is 0 Å². The summed E-state index contributed by atoms with van der Waals surface area (Å²) < 4.78 is 0. The molecule has 0 saturated carbocycles. The average molecular weight is 306 g/mol. The normalized spacial score (nSPS) is 12.5. The van der Waals surface area contributed by atoms with Crippen molar-refractivity contribution in [2.45, 2.75) is 17.1 Å². The van der Waals surface area contributed by atoms with E-state index in [1.807, 2.05) is 24.3 Å². The van der Waals surface area contributed by atoms with Crippen molar-refractivity contribution in [1.29, 1.82) is 0 Å². The Morgan fingerprint density at radius 3 is 2.31 bits per heavy atom. The third kappa shape index (κ3) is 2.92. The van der Waals surface area contributed by atoms with Gasteiger partial charge in [0.2, 0.25) is 0 Å². The fourth-order valence-corrected chi connectivity index (χ4v) is 1.69. The monoisotopic (exact) mass is 304 g/mol. The lowest BCUT2D eigenvalue weighted by Gasteiger charge is -2.06. The van der Waals surface area contributed by atoms with Crippen LogP contribution in [0.5, 0.6) is 0 Å². The van der Waals surface area contributed by atoms with E-state index in [-0.39, 0.29) is 10.6 Å². The van der Waals surface area contributed by atoms with Crippen molar-refractivity contribution in [3.8, 4) is 0 Å². The second-order valence-electron chi connectivity index (χ2n) is 2.85. The summed E-state index contributed by atoms with van der Waals surface area (Å²) in [5.41, 5.74) is 2.23. The van der Waals surface area contributed by atoms with Crippen molar-refractivity contribution < 1.29 is 4.79 Å². The van der Waals surface area contributed by atoms with Gasteiger partial charge in [-0.1, -0.05) is 56.1 Å². The van der Waals surface area contributed by atoms with E-state index < -0.39 is 0 Å². The maximum absolute atomic E-state index is 11.0. The van der Waals surface area contributed by atoms with Crippen molar-refractivity contribution >= 4 is 37.6 Å². The van der Waals surface area contributed by atoms with E-state index in [2.05, 4.69) is 31.9 Å². The molecular formula is C10H10Br2O. The molecule has 1 nitrogen and oxygen atoms in total. The van der Waals surface area contributed by atoms with Crippen LogP contribution in [0.25, 0.3) is 0 Å². The maximum atomic E-state index is 11.0. The SMILES string of the molecule is CC(=O)C(Br)c1ccc(CBr)cc1. The summed E-state index contributed by atoms with van der Waals surface area (Å²) in [7, 11) is 0. The number of hydrogen-bond acceptors (Lipinski definition) is 1. The Labute approximate surface area is 94.8 Å². The van der Waals surface area contributed by atoms with Crippen molar-refractivity contribution in [2.75, 3.05) is 0 Å². The minimum absolute atomic E-state index is 0.131. The minimum Gasteiger partial charge on any atom is -0.298 e. The molecule has 1 rings (SSSR count). The van der Waals surface area contributed by atoms with Gasteiger partial charge in [-0.05, 0) is 18.1 Å². The van der Waals surface area contributed by atoms with Crippen LogP contribution in [0.4, 0.5) is 0 Å². The molecule has 0 aliphatic rings. The zero-order chi connectivity index (χ0) is 9.84. The molecule has 0 saturated heterocycles. The standard InChI is InChI=1S/C10H10Br2O/c1-7(13)10(12)9-4-2-8(6-11)3-5-9/h2-5,10H,6H2,1H3. The summed E-state index contributed by atoms with van der Waals surface area (Å²) >= 11 is 6.70. The van der Waals surface area contributed by atoms with Gasteiger partial charge in [-0.3, -0.25) is 4.79 Å². The van der Waals surface area contributed by atoms with E-state index in [0.717, 1.165) is 10.9 Å². The lowest BCUT2D eigenvalue weighted by atomic mass is 10.1. The molecule has 0 aliphatic carbocycles. The maximum Gasteiger partial charge on any atom is 0.147 e. The van der Waals surface area contributed by atoms with Crippen LogP contribution in [0.1, 0.15) is 22.9 Å². The van der Waals surface area contributed by atoms with Gasteiger partial charge in [0.1, 0.15) is 5.78 Å². The quantitative estimate of drug-likeness (QED) is 0.780. The van der Waals surface area contributed by atoms with Crippen molar-refractivity contribution in [3.05, 3.63) is 35.4 Å². The number of Topliss-reactive ketones (excluding diaryl/α,β-unsaturated/α-hetero) is 1. The van der Waals surface area contributed by atoms with Gasteiger partial charge in [-0.25, -0.2) is 0 Å². The van der Waals surface area contributed by atoms with Gasteiger partial charge < -0.3 is 0 Å². The molecule has 3 heteroatoms. The second kappa shape index (κ2) is 4.91. The van der Waals surface area contributed by atoms with E-state index in [4.69, 9.17) is 0 Å². The molecule has 0 fully saturated rings. The molecule has 0 radical (unpaired) electrons. The summed E-state index contributed by atoms with van der Waals surface area (Å²) in [4.78, 5) is 10.9. The zero-order valence-electron chi connectivity index (χ0n) is 7.26. The molecule has 0 N–H and O–H groups in total. The van der Waals surface area contributed by atoms with E-state index >= 15 is 0 Å². The molecule has 1 aromatic carbocycles. The van der Waals surface area contributed by atoms with Crippen LogP contribution in [0, 0.1) is 0 Å². The van der Waals surface area contributed by atoms with Crippen molar-refractivity contribution in [3.63, 3.8) is 0 Å². The summed E-state index contributed by atoms with van der Waals surface area (Å²) in [5, 5.41) is 0.848. The van der Waals surface area contributed by atoms with Gasteiger partial charge in [0.05, 0.1) is 4.83 Å². The van der Waals surface area contributed by atoms with Gasteiger partial charge in [-0.15, -0.1) is 0 Å². The average Bonchev–Trinajstić information content (AvgIpc) is 2.17. The van der Waals surface area contributed by atoms with E-state index in [1.54, 1.807) is 6.92 Å². The van der Waals surface area contributed by atoms with Gasteiger partial charge in [0.25, 0.3) is 0 Å². The fourth-order valence-electron chi connectivity index (χ4n) is 1.01. The first-order valence-electron chi connectivity index (χ1n) is 3.94. The summed E-state index contributed by atoms with van der Waals surface area (Å²) in [5.74, 6) is 0.131. The number of benzene rings is 1. The number of hydrogen-bond donors (Lipinski definition) is 0. The van der Waals surface area contributed by atoms with E-state index in [9.17, 15) is 4.79 Å². The fraction of sp³-hybridized carbons (Fsp3) is 0.300. The molecule has 0 aromatic heterocycles. The Bertz CT molecular complexity index is 292. The van der Waals surface area contributed by atoms with Crippen LogP contribution < -0.4 is 0 Å². The summed E-state index contributed by atoms with van der Waals surface area (Å²) in [6, 6.07) is 7.97. The summed E-state index contributed by atoms with van der Waals surface area (Å²) in [6.45, 7) is 1.58. The summed E-state index contributed by atoms with van der Waals surface area (Å²) in [6.07, 6.45) is 0. The molecule has 0 amide bonds. The second-order valence-corrected chi connectivity index (χ2v) is 4.32. The lowest BCUT2D eigenvalue weighted by Crippen LogP contribution is -2.00. The Morgan fingerprint density at radius 2 is 1.92 bits per heavy atom.